The van der Waals surface area contributed by atoms with Crippen molar-refractivity contribution in [1.29, 1.82) is 0 Å². The fraction of sp³-hybridized carbons (Fsp3) is 0.257. The van der Waals surface area contributed by atoms with Crippen LogP contribution in [-0.2, 0) is 5.60 Å². The number of pyridine rings is 1. The minimum Gasteiger partial charge on any atom is -0.493 e. The Labute approximate surface area is 282 Å². The molecule has 0 radical (unpaired) electrons. The van der Waals surface area contributed by atoms with E-state index in [1.807, 2.05) is 0 Å². The molecule has 1 aliphatic carbocycles. The van der Waals surface area contributed by atoms with Crippen molar-refractivity contribution in [2.45, 2.75) is 43.7 Å². The van der Waals surface area contributed by atoms with Crippen LogP contribution in [0.5, 0.6) is 11.5 Å². The summed E-state index contributed by atoms with van der Waals surface area (Å²) in [6, 6.07) is 14.6. The van der Waals surface area contributed by atoms with Crippen LogP contribution < -0.4 is 14.8 Å². The van der Waals surface area contributed by atoms with Crippen molar-refractivity contribution in [2.75, 3.05) is 13.7 Å². The average Bonchev–Trinajstić information content (AvgIpc) is 3.87. The second kappa shape index (κ2) is 12.8. The lowest BCUT2D eigenvalue weighted by Crippen LogP contribution is -2.51. The SMILES string of the molecule is COc1cc(C(=O)NCC(O)(c2cc(C(C)N3C(=O)c4ccccc4C3=O)cc(-c3ccc(F)c(Cl)c3)n2)C(F)(F)F)ccc1OC1CC1. The highest BCUT2D eigenvalue weighted by Gasteiger charge is 2.57. The molecule has 2 N–H and O–H groups in total. The fourth-order valence-electron chi connectivity index (χ4n) is 5.43. The molecule has 3 amide bonds. The number of hydrogen-bond acceptors (Lipinski definition) is 7. The molecule has 2 aliphatic rings. The van der Waals surface area contributed by atoms with Crippen LogP contribution in [0.25, 0.3) is 11.3 Å². The van der Waals surface area contributed by atoms with Crippen molar-refractivity contribution in [3.63, 3.8) is 0 Å². The summed E-state index contributed by atoms with van der Waals surface area (Å²) in [5, 5.41) is 13.2. The maximum Gasteiger partial charge on any atom is 0.424 e. The number of ether oxygens (including phenoxy) is 2. The van der Waals surface area contributed by atoms with Crippen LogP contribution in [0.3, 0.4) is 0 Å². The van der Waals surface area contributed by atoms with E-state index in [-0.39, 0.29) is 50.4 Å². The fourth-order valence-corrected chi connectivity index (χ4v) is 5.62. The molecule has 3 aromatic carbocycles. The molecule has 0 spiro atoms. The summed E-state index contributed by atoms with van der Waals surface area (Å²) in [5.41, 5.74) is -4.66. The molecule has 1 aliphatic heterocycles. The highest BCUT2D eigenvalue weighted by Crippen LogP contribution is 2.41. The van der Waals surface area contributed by atoms with E-state index in [9.17, 15) is 37.1 Å². The van der Waals surface area contributed by atoms with Gasteiger partial charge in [0.15, 0.2) is 11.5 Å². The molecule has 1 saturated carbocycles. The van der Waals surface area contributed by atoms with Gasteiger partial charge in [0.1, 0.15) is 5.82 Å². The highest BCUT2D eigenvalue weighted by molar-refractivity contribution is 6.31. The molecule has 49 heavy (non-hydrogen) atoms. The van der Waals surface area contributed by atoms with Crippen molar-refractivity contribution < 1.29 is 46.5 Å². The number of fused-ring (bicyclic) bond motifs is 1. The van der Waals surface area contributed by atoms with Crippen molar-refractivity contribution in [3.8, 4) is 22.8 Å². The molecule has 0 saturated heterocycles. The first-order valence-corrected chi connectivity index (χ1v) is 15.5. The summed E-state index contributed by atoms with van der Waals surface area (Å²) in [6.45, 7) is 0.0556. The first kappa shape index (κ1) is 33.9. The number of benzene rings is 3. The summed E-state index contributed by atoms with van der Waals surface area (Å²) in [7, 11) is 1.35. The molecule has 0 bridgehead atoms. The quantitative estimate of drug-likeness (QED) is 0.141. The zero-order valence-corrected chi connectivity index (χ0v) is 26.7. The van der Waals surface area contributed by atoms with Crippen molar-refractivity contribution >= 4 is 29.3 Å². The summed E-state index contributed by atoms with van der Waals surface area (Å²) >= 11 is 5.97. The van der Waals surface area contributed by atoms with Crippen LogP contribution in [0.15, 0.2) is 72.8 Å². The topological polar surface area (TPSA) is 118 Å². The third kappa shape index (κ3) is 6.43. The molecule has 254 valence electrons. The number of aromatic nitrogens is 1. The van der Waals surface area contributed by atoms with Crippen molar-refractivity contribution in [1.82, 2.24) is 15.2 Å². The maximum absolute atomic E-state index is 14.9. The van der Waals surface area contributed by atoms with Crippen molar-refractivity contribution in [2.24, 2.45) is 0 Å². The predicted octanol–water partition coefficient (Wildman–Crippen LogP) is 6.63. The normalized spacial score (nSPS) is 16.2. The van der Waals surface area contributed by atoms with Gasteiger partial charge in [0.05, 0.1) is 53.3 Å². The second-order valence-electron chi connectivity index (χ2n) is 11.7. The van der Waals surface area contributed by atoms with E-state index in [2.05, 4.69) is 10.3 Å². The van der Waals surface area contributed by atoms with Gasteiger partial charge in [-0.2, -0.15) is 13.2 Å². The number of hydrogen-bond donors (Lipinski definition) is 2. The third-order valence-corrected chi connectivity index (χ3v) is 8.69. The van der Waals surface area contributed by atoms with E-state index >= 15 is 0 Å². The van der Waals surface area contributed by atoms with Gasteiger partial charge in [0.2, 0.25) is 5.60 Å². The zero-order valence-electron chi connectivity index (χ0n) is 26.0. The van der Waals surface area contributed by atoms with Gasteiger partial charge in [-0.25, -0.2) is 9.37 Å². The lowest BCUT2D eigenvalue weighted by molar-refractivity contribution is -0.265. The number of carbonyl (C=O) groups excluding carboxylic acids is 3. The minimum absolute atomic E-state index is 0.0139. The first-order chi connectivity index (χ1) is 23.2. The van der Waals surface area contributed by atoms with Crippen LogP contribution >= 0.6 is 11.6 Å². The molecule has 1 fully saturated rings. The Morgan fingerprint density at radius 1 is 1.02 bits per heavy atom. The predicted molar refractivity (Wildman–Crippen MR) is 169 cm³/mol. The van der Waals surface area contributed by atoms with Gasteiger partial charge in [0.25, 0.3) is 17.7 Å². The van der Waals surface area contributed by atoms with Gasteiger partial charge in [-0.1, -0.05) is 23.7 Å². The number of nitrogens with one attached hydrogen (secondary N) is 1. The molecule has 2 heterocycles. The molecule has 1 aromatic heterocycles. The Morgan fingerprint density at radius 3 is 2.29 bits per heavy atom. The third-order valence-electron chi connectivity index (χ3n) is 8.40. The number of alkyl halides is 3. The Kier molecular flexibility index (Phi) is 8.84. The number of aliphatic hydroxyl groups is 1. The number of methoxy groups -OCH3 is 1. The number of carbonyl (C=O) groups is 3. The molecule has 6 rings (SSSR count). The van der Waals surface area contributed by atoms with Gasteiger partial charge in [-0.05, 0) is 86.0 Å². The Bertz CT molecular complexity index is 1950. The van der Waals surface area contributed by atoms with Gasteiger partial charge < -0.3 is 19.9 Å². The number of nitrogens with zero attached hydrogens (tertiary/aromatic N) is 2. The molecule has 2 unspecified atom stereocenters. The Balaban J connectivity index is 1.38. The summed E-state index contributed by atoms with van der Waals surface area (Å²) in [4.78, 5) is 44.6. The largest absolute Gasteiger partial charge is 0.493 e. The van der Waals surface area contributed by atoms with E-state index in [1.54, 1.807) is 12.1 Å². The highest BCUT2D eigenvalue weighted by atomic mass is 35.5. The lowest BCUT2D eigenvalue weighted by Gasteiger charge is -2.32. The minimum atomic E-state index is -5.40. The average molecular weight is 698 g/mol. The van der Waals surface area contributed by atoms with E-state index < -0.39 is 53.6 Å². The molecule has 4 aromatic rings. The van der Waals surface area contributed by atoms with Crippen molar-refractivity contribution in [3.05, 3.63) is 112 Å². The first-order valence-electron chi connectivity index (χ1n) is 15.1. The number of amides is 3. The standard InChI is InChI=1S/C35H28ClF4N3O6/c1-18(43-32(45)23-5-3-4-6-24(23)33(43)46)21-14-27(19-7-11-26(37)25(36)13-19)42-30(16-21)34(47,35(38,39)40)17-41-31(44)20-8-12-28(29(15-20)48-2)49-22-9-10-22/h3-8,11-16,18,22,47H,9-10,17H2,1-2H3,(H,41,44). The molecular weight excluding hydrogens is 670 g/mol. The van der Waals surface area contributed by atoms with Crippen LogP contribution in [-0.4, -0.2) is 58.6 Å². The Morgan fingerprint density at radius 2 is 1.69 bits per heavy atom. The molecule has 2 atom stereocenters. The number of rotatable bonds is 10. The maximum atomic E-state index is 14.9. The van der Waals surface area contributed by atoms with Crippen LogP contribution in [0.2, 0.25) is 5.02 Å². The Hall–Kier alpha value is -5.01. The molecule has 14 heteroatoms. The second-order valence-corrected chi connectivity index (χ2v) is 12.1. The summed E-state index contributed by atoms with van der Waals surface area (Å²) < 4.78 is 69.6. The van der Waals surface area contributed by atoms with Gasteiger partial charge in [-0.3, -0.25) is 19.3 Å². The van der Waals surface area contributed by atoms with E-state index in [0.717, 1.165) is 35.9 Å². The number of halogens is 5. The van der Waals surface area contributed by atoms with E-state index in [1.165, 1.54) is 56.5 Å². The van der Waals surface area contributed by atoms with Crippen LogP contribution in [0.4, 0.5) is 17.6 Å². The monoisotopic (exact) mass is 697 g/mol. The molecular formula is C35H28ClF4N3O6. The zero-order chi connectivity index (χ0) is 35.2. The van der Waals surface area contributed by atoms with Gasteiger partial charge in [0, 0.05) is 11.1 Å². The number of imide groups is 1. The summed E-state index contributed by atoms with van der Waals surface area (Å²) in [6.07, 6.45) is -3.65. The van der Waals surface area contributed by atoms with E-state index in [4.69, 9.17) is 21.1 Å². The smallest absolute Gasteiger partial charge is 0.424 e. The van der Waals surface area contributed by atoms with Gasteiger partial charge in [-0.15, -0.1) is 0 Å². The lowest BCUT2D eigenvalue weighted by atomic mass is 9.93. The van der Waals surface area contributed by atoms with E-state index in [0.29, 0.717) is 5.75 Å². The van der Waals surface area contributed by atoms with Crippen LogP contribution in [0.1, 0.15) is 68.1 Å². The summed E-state index contributed by atoms with van der Waals surface area (Å²) in [5.74, 6) is -2.51. The molecule has 9 nitrogen and oxygen atoms in total. The van der Waals surface area contributed by atoms with Crippen LogP contribution in [0, 0.1) is 5.82 Å². The van der Waals surface area contributed by atoms with Gasteiger partial charge >= 0.3 is 6.18 Å².